The standard InChI is InChI=1S/C17H26N2O3/c1-13(21)19-15-7-5-14(6-8-15)11-16(22)18-12-17(2,3)9-4-10-20/h5-8,20H,4,9-12H2,1-3H3,(H,18,22)(H,19,21). The van der Waals surface area contributed by atoms with Gasteiger partial charge in [-0.25, -0.2) is 0 Å². The van der Waals surface area contributed by atoms with Gasteiger partial charge in [-0.15, -0.1) is 0 Å². The molecule has 0 spiro atoms. The van der Waals surface area contributed by atoms with Gasteiger partial charge in [0.2, 0.25) is 11.8 Å². The first kappa shape index (κ1) is 18.2. The Kier molecular flexibility index (Phi) is 7.05. The van der Waals surface area contributed by atoms with Crippen LogP contribution in [0, 0.1) is 5.41 Å². The fourth-order valence-electron chi connectivity index (χ4n) is 2.14. The summed E-state index contributed by atoms with van der Waals surface area (Å²) in [6, 6.07) is 7.24. The van der Waals surface area contributed by atoms with Gasteiger partial charge < -0.3 is 15.7 Å². The van der Waals surface area contributed by atoms with Crippen LogP contribution in [0.1, 0.15) is 39.2 Å². The van der Waals surface area contributed by atoms with Crippen LogP contribution in [0.2, 0.25) is 0 Å². The molecule has 5 nitrogen and oxygen atoms in total. The Bertz CT molecular complexity index is 495. The van der Waals surface area contributed by atoms with Gasteiger partial charge in [-0.3, -0.25) is 9.59 Å². The molecule has 0 atom stereocenters. The van der Waals surface area contributed by atoms with Crippen LogP contribution in [0.4, 0.5) is 5.69 Å². The van der Waals surface area contributed by atoms with Gasteiger partial charge >= 0.3 is 0 Å². The molecule has 3 N–H and O–H groups in total. The van der Waals surface area contributed by atoms with Crippen LogP contribution < -0.4 is 10.6 Å². The summed E-state index contributed by atoms with van der Waals surface area (Å²) in [5.41, 5.74) is 1.61. The van der Waals surface area contributed by atoms with Gasteiger partial charge in [0.15, 0.2) is 0 Å². The number of anilines is 1. The summed E-state index contributed by atoms with van der Waals surface area (Å²) in [5, 5.41) is 14.5. The van der Waals surface area contributed by atoms with Crippen LogP contribution in [-0.4, -0.2) is 30.1 Å². The molecule has 0 heterocycles. The molecule has 1 rings (SSSR count). The van der Waals surface area contributed by atoms with E-state index < -0.39 is 0 Å². The fourth-order valence-corrected chi connectivity index (χ4v) is 2.14. The lowest BCUT2D eigenvalue weighted by Crippen LogP contribution is -2.35. The van der Waals surface area contributed by atoms with Crippen molar-refractivity contribution in [1.82, 2.24) is 5.32 Å². The van der Waals surface area contributed by atoms with E-state index in [0.29, 0.717) is 13.0 Å². The van der Waals surface area contributed by atoms with Crippen molar-refractivity contribution in [3.05, 3.63) is 29.8 Å². The predicted octanol–water partition coefficient (Wildman–Crippen LogP) is 2.10. The second-order valence-electron chi connectivity index (χ2n) is 6.32. The third-order valence-corrected chi connectivity index (χ3v) is 3.41. The van der Waals surface area contributed by atoms with E-state index in [1.165, 1.54) is 6.92 Å². The molecule has 1 aromatic rings. The zero-order chi connectivity index (χ0) is 16.6. The number of hydrogen-bond acceptors (Lipinski definition) is 3. The molecule has 0 bridgehead atoms. The van der Waals surface area contributed by atoms with Crippen molar-refractivity contribution < 1.29 is 14.7 Å². The van der Waals surface area contributed by atoms with Crippen LogP contribution in [0.3, 0.4) is 0 Å². The predicted molar refractivity (Wildman–Crippen MR) is 87.6 cm³/mol. The molecule has 0 fully saturated rings. The lowest BCUT2D eigenvalue weighted by atomic mass is 9.88. The number of benzene rings is 1. The van der Waals surface area contributed by atoms with E-state index in [1.807, 2.05) is 12.1 Å². The smallest absolute Gasteiger partial charge is 0.224 e. The topological polar surface area (TPSA) is 78.4 Å². The highest BCUT2D eigenvalue weighted by Gasteiger charge is 2.18. The normalized spacial score (nSPS) is 11.1. The van der Waals surface area contributed by atoms with Crippen LogP contribution >= 0.6 is 0 Å². The van der Waals surface area contributed by atoms with Crippen LogP contribution in [-0.2, 0) is 16.0 Å². The summed E-state index contributed by atoms with van der Waals surface area (Å²) in [7, 11) is 0. The highest BCUT2D eigenvalue weighted by atomic mass is 16.3. The van der Waals surface area contributed by atoms with E-state index in [-0.39, 0.29) is 23.8 Å². The van der Waals surface area contributed by atoms with Crippen molar-refractivity contribution in [2.45, 2.75) is 40.0 Å². The minimum Gasteiger partial charge on any atom is -0.396 e. The van der Waals surface area contributed by atoms with Crippen molar-refractivity contribution in [2.75, 3.05) is 18.5 Å². The summed E-state index contributed by atoms with van der Waals surface area (Å²) < 4.78 is 0. The molecule has 1 aromatic carbocycles. The van der Waals surface area contributed by atoms with Crippen LogP contribution in [0.25, 0.3) is 0 Å². The molecule has 22 heavy (non-hydrogen) atoms. The van der Waals surface area contributed by atoms with Crippen molar-refractivity contribution in [3.8, 4) is 0 Å². The maximum atomic E-state index is 12.0. The van der Waals surface area contributed by atoms with Gasteiger partial charge in [0.25, 0.3) is 0 Å². The zero-order valence-electron chi connectivity index (χ0n) is 13.6. The summed E-state index contributed by atoms with van der Waals surface area (Å²) in [6.45, 7) is 6.38. The van der Waals surface area contributed by atoms with Gasteiger partial charge in [0.05, 0.1) is 6.42 Å². The molecular formula is C17H26N2O3. The van der Waals surface area contributed by atoms with Gasteiger partial charge in [0.1, 0.15) is 0 Å². The average molecular weight is 306 g/mol. The number of rotatable bonds is 8. The summed E-state index contributed by atoms with van der Waals surface area (Å²) in [6.07, 6.45) is 1.93. The lowest BCUT2D eigenvalue weighted by molar-refractivity contribution is -0.121. The Morgan fingerprint density at radius 2 is 1.82 bits per heavy atom. The first-order valence-electron chi connectivity index (χ1n) is 7.56. The van der Waals surface area contributed by atoms with Crippen molar-refractivity contribution in [3.63, 3.8) is 0 Å². The molecule has 0 radical (unpaired) electrons. The van der Waals surface area contributed by atoms with E-state index in [0.717, 1.165) is 24.1 Å². The summed E-state index contributed by atoms with van der Waals surface area (Å²) >= 11 is 0. The third kappa shape index (κ3) is 7.22. The second kappa shape index (κ2) is 8.54. The monoisotopic (exact) mass is 306 g/mol. The molecule has 5 heteroatoms. The van der Waals surface area contributed by atoms with E-state index >= 15 is 0 Å². The first-order chi connectivity index (χ1) is 10.3. The number of carbonyl (C=O) groups is 2. The van der Waals surface area contributed by atoms with Crippen molar-refractivity contribution >= 4 is 17.5 Å². The number of aliphatic hydroxyl groups excluding tert-OH is 1. The molecule has 0 aliphatic rings. The van der Waals surface area contributed by atoms with E-state index in [4.69, 9.17) is 5.11 Å². The summed E-state index contributed by atoms with van der Waals surface area (Å²) in [5.74, 6) is -0.139. The first-order valence-corrected chi connectivity index (χ1v) is 7.56. The number of nitrogens with one attached hydrogen (secondary N) is 2. The third-order valence-electron chi connectivity index (χ3n) is 3.41. The van der Waals surface area contributed by atoms with Gasteiger partial charge in [-0.1, -0.05) is 26.0 Å². The highest BCUT2D eigenvalue weighted by molar-refractivity contribution is 5.88. The Labute approximate surface area is 132 Å². The van der Waals surface area contributed by atoms with Gasteiger partial charge in [0, 0.05) is 25.8 Å². The van der Waals surface area contributed by atoms with Crippen LogP contribution in [0.15, 0.2) is 24.3 Å². The molecule has 0 aliphatic heterocycles. The van der Waals surface area contributed by atoms with Gasteiger partial charge in [-0.05, 0) is 36.0 Å². The number of amides is 2. The van der Waals surface area contributed by atoms with E-state index in [1.54, 1.807) is 12.1 Å². The highest BCUT2D eigenvalue weighted by Crippen LogP contribution is 2.20. The average Bonchev–Trinajstić information content (AvgIpc) is 2.45. The Hall–Kier alpha value is -1.88. The largest absolute Gasteiger partial charge is 0.396 e. The maximum absolute atomic E-state index is 12.0. The number of carbonyl (C=O) groups excluding carboxylic acids is 2. The maximum Gasteiger partial charge on any atom is 0.224 e. The number of hydrogen-bond donors (Lipinski definition) is 3. The zero-order valence-corrected chi connectivity index (χ0v) is 13.6. The second-order valence-corrected chi connectivity index (χ2v) is 6.32. The molecule has 0 saturated heterocycles. The molecule has 0 aliphatic carbocycles. The number of aliphatic hydroxyl groups is 1. The molecule has 0 aromatic heterocycles. The molecule has 2 amide bonds. The molecule has 0 unspecified atom stereocenters. The SMILES string of the molecule is CC(=O)Nc1ccc(CC(=O)NCC(C)(C)CCCO)cc1. The minimum atomic E-state index is -0.115. The molecular weight excluding hydrogens is 280 g/mol. The lowest BCUT2D eigenvalue weighted by Gasteiger charge is -2.24. The van der Waals surface area contributed by atoms with Gasteiger partial charge in [-0.2, -0.15) is 0 Å². The Morgan fingerprint density at radius 1 is 1.18 bits per heavy atom. The van der Waals surface area contributed by atoms with E-state index in [2.05, 4.69) is 24.5 Å². The van der Waals surface area contributed by atoms with Crippen molar-refractivity contribution in [1.29, 1.82) is 0 Å². The summed E-state index contributed by atoms with van der Waals surface area (Å²) in [4.78, 5) is 22.9. The van der Waals surface area contributed by atoms with Crippen molar-refractivity contribution in [2.24, 2.45) is 5.41 Å². The Balaban J connectivity index is 2.43. The molecule has 0 saturated carbocycles. The fraction of sp³-hybridized carbons (Fsp3) is 0.529. The van der Waals surface area contributed by atoms with E-state index in [9.17, 15) is 9.59 Å². The Morgan fingerprint density at radius 3 is 2.36 bits per heavy atom. The molecule has 122 valence electrons. The quantitative estimate of drug-likeness (QED) is 0.688. The van der Waals surface area contributed by atoms with Crippen LogP contribution in [0.5, 0.6) is 0 Å². The minimum absolute atomic E-state index is 0.0202.